The van der Waals surface area contributed by atoms with Gasteiger partial charge in [-0.05, 0) is 79.5 Å². The van der Waals surface area contributed by atoms with Crippen LogP contribution in [0, 0.1) is 41.1 Å². The van der Waals surface area contributed by atoms with E-state index in [0.717, 1.165) is 57.4 Å². The number of halogens is 3. The van der Waals surface area contributed by atoms with Crippen LogP contribution in [-0.2, 0) is 11.2 Å². The fourth-order valence-corrected chi connectivity index (χ4v) is 6.25. The monoisotopic (exact) mass is 472 g/mol. The van der Waals surface area contributed by atoms with Crippen LogP contribution in [-0.4, -0.2) is 5.97 Å². The molecule has 4 rings (SSSR count). The lowest BCUT2D eigenvalue weighted by Gasteiger charge is -2.20. The maximum absolute atomic E-state index is 14.8. The van der Waals surface area contributed by atoms with Crippen LogP contribution in [0.4, 0.5) is 13.2 Å². The molecule has 0 aromatic heterocycles. The topological polar surface area (TPSA) is 26.3 Å². The number of esters is 1. The predicted molar refractivity (Wildman–Crippen MR) is 128 cm³/mol. The molecule has 4 unspecified atom stereocenters. The lowest BCUT2D eigenvalue weighted by atomic mass is 9.87. The third kappa shape index (κ3) is 5.04. The number of fused-ring (bicyclic) bond motifs is 1. The standard InChI is InChI=1S/C29H35F3O2/c1-3-5-6-8-19-10-12-22(28(32)27(19)31)20-11-16-26(25(30)17-20)34-29(33)24-15-14-21-18(7-4-2)9-13-23(21)24/h10-12,16-18,21,23-24H,3-9,13-15H2,1-2H3. The van der Waals surface area contributed by atoms with Gasteiger partial charge < -0.3 is 4.74 Å². The zero-order valence-corrected chi connectivity index (χ0v) is 20.2. The molecule has 2 nitrogen and oxygen atoms in total. The Balaban J connectivity index is 1.45. The summed E-state index contributed by atoms with van der Waals surface area (Å²) in [4.78, 5) is 12.9. The Kier molecular flexibility index (Phi) is 8.00. The summed E-state index contributed by atoms with van der Waals surface area (Å²) in [5, 5.41) is 0. The molecule has 0 radical (unpaired) electrons. The minimum Gasteiger partial charge on any atom is -0.423 e. The Bertz CT molecular complexity index is 1020. The van der Waals surface area contributed by atoms with Gasteiger partial charge in [-0.15, -0.1) is 0 Å². The number of ether oxygens (including phenoxy) is 1. The predicted octanol–water partition coefficient (Wildman–Crippen LogP) is 8.26. The van der Waals surface area contributed by atoms with Gasteiger partial charge in [-0.25, -0.2) is 13.2 Å². The molecule has 0 amide bonds. The van der Waals surface area contributed by atoms with E-state index in [0.29, 0.717) is 29.7 Å². The van der Waals surface area contributed by atoms with Crippen LogP contribution >= 0.6 is 0 Å². The summed E-state index contributed by atoms with van der Waals surface area (Å²) in [6.45, 7) is 4.25. The third-order valence-electron chi connectivity index (χ3n) is 7.98. The van der Waals surface area contributed by atoms with E-state index >= 15 is 0 Å². The molecule has 2 aromatic carbocycles. The Hall–Kier alpha value is -2.30. The van der Waals surface area contributed by atoms with Gasteiger partial charge in [0, 0.05) is 5.56 Å². The number of unbranched alkanes of at least 4 members (excludes halogenated alkanes) is 2. The molecular weight excluding hydrogens is 437 g/mol. The van der Waals surface area contributed by atoms with Crippen molar-refractivity contribution in [1.82, 2.24) is 0 Å². The maximum Gasteiger partial charge on any atom is 0.314 e. The van der Waals surface area contributed by atoms with E-state index in [1.165, 1.54) is 24.6 Å². The molecule has 0 bridgehead atoms. The van der Waals surface area contributed by atoms with Gasteiger partial charge in [0.1, 0.15) is 0 Å². The fourth-order valence-electron chi connectivity index (χ4n) is 6.25. The highest BCUT2D eigenvalue weighted by molar-refractivity contribution is 5.76. The van der Waals surface area contributed by atoms with E-state index in [9.17, 15) is 18.0 Å². The van der Waals surface area contributed by atoms with Crippen molar-refractivity contribution in [3.05, 3.63) is 53.3 Å². The number of carbonyl (C=O) groups is 1. The van der Waals surface area contributed by atoms with Crippen molar-refractivity contribution in [3.8, 4) is 16.9 Å². The first-order valence-electron chi connectivity index (χ1n) is 12.9. The maximum atomic E-state index is 14.8. The number of hydrogen-bond donors (Lipinski definition) is 0. The number of aryl methyl sites for hydroxylation is 1. The van der Waals surface area contributed by atoms with E-state index in [4.69, 9.17) is 4.74 Å². The van der Waals surface area contributed by atoms with Crippen molar-refractivity contribution in [2.24, 2.45) is 23.7 Å². The van der Waals surface area contributed by atoms with Gasteiger partial charge in [-0.1, -0.05) is 57.7 Å². The van der Waals surface area contributed by atoms with Crippen LogP contribution in [0.25, 0.3) is 11.1 Å². The molecule has 184 valence electrons. The summed E-state index contributed by atoms with van der Waals surface area (Å²) in [5.74, 6) is -1.71. The molecule has 0 aliphatic heterocycles. The van der Waals surface area contributed by atoms with Gasteiger partial charge in [0.25, 0.3) is 0 Å². The highest BCUT2D eigenvalue weighted by Crippen LogP contribution is 2.52. The van der Waals surface area contributed by atoms with Crippen molar-refractivity contribution >= 4 is 5.97 Å². The smallest absolute Gasteiger partial charge is 0.314 e. The lowest BCUT2D eigenvalue weighted by Crippen LogP contribution is -2.25. The second kappa shape index (κ2) is 11.0. The van der Waals surface area contributed by atoms with E-state index in [1.807, 2.05) is 0 Å². The molecule has 0 heterocycles. The average molecular weight is 473 g/mol. The number of hydrogen-bond acceptors (Lipinski definition) is 2. The average Bonchev–Trinajstić information content (AvgIpc) is 3.41. The highest BCUT2D eigenvalue weighted by Gasteiger charge is 2.47. The van der Waals surface area contributed by atoms with Crippen LogP contribution in [0.2, 0.25) is 0 Å². The quantitative estimate of drug-likeness (QED) is 0.209. The Labute approximate surface area is 200 Å². The SMILES string of the molecule is CCCCCc1ccc(-c2ccc(OC(=O)C3CCC4C(CCC)CCC34)c(F)c2)c(F)c1F. The van der Waals surface area contributed by atoms with E-state index < -0.39 is 17.5 Å². The minimum absolute atomic E-state index is 0.0000688. The van der Waals surface area contributed by atoms with Crippen molar-refractivity contribution in [2.75, 3.05) is 0 Å². The minimum atomic E-state index is -0.974. The molecule has 2 aromatic rings. The first-order chi connectivity index (χ1) is 16.4. The molecule has 2 fully saturated rings. The summed E-state index contributed by atoms with van der Waals surface area (Å²) >= 11 is 0. The summed E-state index contributed by atoms with van der Waals surface area (Å²) in [6.07, 6.45) is 9.62. The third-order valence-corrected chi connectivity index (χ3v) is 7.98. The second-order valence-electron chi connectivity index (χ2n) is 10.1. The van der Waals surface area contributed by atoms with Gasteiger partial charge in [0.15, 0.2) is 23.2 Å². The van der Waals surface area contributed by atoms with Crippen molar-refractivity contribution in [3.63, 3.8) is 0 Å². The molecule has 34 heavy (non-hydrogen) atoms. The first-order valence-corrected chi connectivity index (χ1v) is 12.9. The summed E-state index contributed by atoms with van der Waals surface area (Å²) in [5.41, 5.74) is 0.552. The normalized spacial score (nSPS) is 23.8. The van der Waals surface area contributed by atoms with E-state index in [2.05, 4.69) is 13.8 Å². The molecule has 0 N–H and O–H groups in total. The van der Waals surface area contributed by atoms with E-state index in [1.54, 1.807) is 6.07 Å². The molecule has 5 heteroatoms. The van der Waals surface area contributed by atoms with Crippen LogP contribution in [0.5, 0.6) is 5.75 Å². The van der Waals surface area contributed by atoms with Gasteiger partial charge in [0.2, 0.25) is 0 Å². The number of benzene rings is 2. The Morgan fingerprint density at radius 1 is 0.912 bits per heavy atom. The number of carbonyl (C=O) groups excluding carboxylic acids is 1. The second-order valence-corrected chi connectivity index (χ2v) is 10.1. The molecule has 4 atom stereocenters. The number of rotatable bonds is 9. The largest absolute Gasteiger partial charge is 0.423 e. The van der Waals surface area contributed by atoms with Gasteiger partial charge in [0.05, 0.1) is 5.92 Å². The van der Waals surface area contributed by atoms with Crippen LogP contribution in [0.3, 0.4) is 0 Å². The molecule has 2 aliphatic rings. The first kappa shape index (κ1) is 24.8. The van der Waals surface area contributed by atoms with Crippen molar-refractivity contribution < 1.29 is 22.7 Å². The molecule has 2 aliphatic carbocycles. The zero-order valence-electron chi connectivity index (χ0n) is 20.2. The van der Waals surface area contributed by atoms with Crippen LogP contribution in [0.1, 0.15) is 77.2 Å². The zero-order chi connectivity index (χ0) is 24.2. The lowest BCUT2D eigenvalue weighted by molar-refractivity contribution is -0.140. The fraction of sp³-hybridized carbons (Fsp3) is 0.552. The molecular formula is C29H35F3O2. The van der Waals surface area contributed by atoms with Gasteiger partial charge in [-0.3, -0.25) is 4.79 Å². The van der Waals surface area contributed by atoms with Crippen molar-refractivity contribution in [2.45, 2.75) is 78.1 Å². The highest BCUT2D eigenvalue weighted by atomic mass is 19.2. The van der Waals surface area contributed by atoms with E-state index in [-0.39, 0.29) is 28.8 Å². The van der Waals surface area contributed by atoms with Gasteiger partial charge >= 0.3 is 5.97 Å². The van der Waals surface area contributed by atoms with Crippen LogP contribution in [0.15, 0.2) is 30.3 Å². The van der Waals surface area contributed by atoms with Crippen molar-refractivity contribution in [1.29, 1.82) is 0 Å². The molecule has 0 saturated heterocycles. The summed E-state index contributed by atoms with van der Waals surface area (Å²) < 4.78 is 49.6. The Morgan fingerprint density at radius 2 is 1.71 bits per heavy atom. The summed E-state index contributed by atoms with van der Waals surface area (Å²) in [7, 11) is 0. The Morgan fingerprint density at radius 3 is 2.44 bits per heavy atom. The summed E-state index contributed by atoms with van der Waals surface area (Å²) in [6, 6.07) is 6.99. The molecule has 2 saturated carbocycles. The molecule has 0 spiro atoms. The van der Waals surface area contributed by atoms with Crippen LogP contribution < -0.4 is 4.74 Å². The van der Waals surface area contributed by atoms with Gasteiger partial charge in [-0.2, -0.15) is 0 Å².